The largest absolute Gasteiger partial charge is 0.416 e. The van der Waals surface area contributed by atoms with E-state index in [1.54, 1.807) is 18.2 Å². The summed E-state index contributed by atoms with van der Waals surface area (Å²) < 4.78 is 39.1. The first-order valence-corrected chi connectivity index (χ1v) is 10.2. The maximum atomic E-state index is 13.0. The molecule has 2 heterocycles. The van der Waals surface area contributed by atoms with Gasteiger partial charge in [0.25, 0.3) is 0 Å². The van der Waals surface area contributed by atoms with Crippen molar-refractivity contribution in [3.8, 4) is 0 Å². The summed E-state index contributed by atoms with van der Waals surface area (Å²) in [6.45, 7) is 3.81. The first-order chi connectivity index (χ1) is 15.3. The topological polar surface area (TPSA) is 73.4 Å². The van der Waals surface area contributed by atoms with E-state index in [9.17, 15) is 18.0 Å². The number of rotatable bonds is 5. The van der Waals surface area contributed by atoms with Crippen molar-refractivity contribution < 1.29 is 18.0 Å². The molecule has 7 nitrogen and oxygen atoms in total. The Balaban J connectivity index is 1.51. The molecule has 10 heteroatoms. The standard InChI is InChI=1S/C22H23F3N6O/c1-30-7-9-31(10-8-30)13-20(32)28-17-5-6-19-18(12-17)21(27-14-26-19)29-16-4-2-3-15(11-16)22(23,24)25/h2-6,11-12,14H,7-10,13H2,1H3,(H,28,32)(H,26,27,29). The van der Waals surface area contributed by atoms with E-state index in [4.69, 9.17) is 0 Å². The van der Waals surface area contributed by atoms with Gasteiger partial charge < -0.3 is 15.5 Å². The molecule has 0 aliphatic carbocycles. The van der Waals surface area contributed by atoms with Gasteiger partial charge in [0.2, 0.25) is 5.91 Å². The minimum atomic E-state index is -4.44. The molecule has 1 fully saturated rings. The van der Waals surface area contributed by atoms with Gasteiger partial charge in [-0.25, -0.2) is 9.97 Å². The third kappa shape index (κ3) is 5.32. The van der Waals surface area contributed by atoms with E-state index >= 15 is 0 Å². The van der Waals surface area contributed by atoms with Crippen LogP contribution < -0.4 is 10.6 Å². The Morgan fingerprint density at radius 1 is 1.03 bits per heavy atom. The summed E-state index contributed by atoms with van der Waals surface area (Å²) in [5.41, 5.74) is 0.673. The predicted molar refractivity (Wildman–Crippen MR) is 117 cm³/mol. The van der Waals surface area contributed by atoms with E-state index in [2.05, 4.69) is 37.4 Å². The molecule has 0 spiro atoms. The van der Waals surface area contributed by atoms with Gasteiger partial charge >= 0.3 is 6.18 Å². The summed E-state index contributed by atoms with van der Waals surface area (Å²) in [5.74, 6) is 0.225. The molecule has 0 radical (unpaired) electrons. The number of carbonyl (C=O) groups excluding carboxylic acids is 1. The number of hydrogen-bond acceptors (Lipinski definition) is 6. The van der Waals surface area contributed by atoms with Crippen LogP contribution in [-0.2, 0) is 11.0 Å². The predicted octanol–water partition coefficient (Wildman–Crippen LogP) is 3.58. The smallest absolute Gasteiger partial charge is 0.340 e. The van der Waals surface area contributed by atoms with Crippen molar-refractivity contribution in [1.82, 2.24) is 19.8 Å². The number of aromatic nitrogens is 2. The van der Waals surface area contributed by atoms with E-state index in [-0.39, 0.29) is 11.6 Å². The zero-order valence-electron chi connectivity index (χ0n) is 17.5. The maximum absolute atomic E-state index is 13.0. The van der Waals surface area contributed by atoms with Crippen LogP contribution in [0.4, 0.5) is 30.4 Å². The quantitative estimate of drug-likeness (QED) is 0.627. The van der Waals surface area contributed by atoms with Crippen LogP contribution in [0.1, 0.15) is 5.56 Å². The number of carbonyl (C=O) groups is 1. The molecular formula is C22H23F3N6O. The first-order valence-electron chi connectivity index (χ1n) is 10.2. The minimum Gasteiger partial charge on any atom is -0.340 e. The van der Waals surface area contributed by atoms with Crippen LogP contribution in [0.15, 0.2) is 48.8 Å². The Morgan fingerprint density at radius 3 is 2.56 bits per heavy atom. The molecule has 168 valence electrons. The number of hydrogen-bond donors (Lipinski definition) is 2. The van der Waals surface area contributed by atoms with Crippen molar-refractivity contribution in [2.45, 2.75) is 6.18 Å². The number of piperazine rings is 1. The highest BCUT2D eigenvalue weighted by atomic mass is 19.4. The minimum absolute atomic E-state index is 0.127. The zero-order chi connectivity index (χ0) is 22.7. The number of halogens is 3. The van der Waals surface area contributed by atoms with Crippen LogP contribution in [0, 0.1) is 0 Å². The fourth-order valence-electron chi connectivity index (χ4n) is 3.55. The van der Waals surface area contributed by atoms with Crippen LogP contribution in [0.5, 0.6) is 0 Å². The molecule has 1 aromatic heterocycles. The van der Waals surface area contributed by atoms with Crippen LogP contribution in [-0.4, -0.2) is 65.4 Å². The Kier molecular flexibility index (Phi) is 6.24. The second-order valence-corrected chi connectivity index (χ2v) is 7.79. The van der Waals surface area contributed by atoms with Gasteiger partial charge in [-0.05, 0) is 43.4 Å². The number of anilines is 3. The van der Waals surface area contributed by atoms with Crippen LogP contribution in [0.3, 0.4) is 0 Å². The molecule has 0 bridgehead atoms. The molecule has 1 amide bonds. The van der Waals surface area contributed by atoms with Crippen molar-refractivity contribution in [3.05, 3.63) is 54.4 Å². The third-order valence-electron chi connectivity index (χ3n) is 5.33. The van der Waals surface area contributed by atoms with Gasteiger partial charge in [-0.15, -0.1) is 0 Å². The highest BCUT2D eigenvalue weighted by Crippen LogP contribution is 2.32. The monoisotopic (exact) mass is 444 g/mol. The summed E-state index contributed by atoms with van der Waals surface area (Å²) in [6.07, 6.45) is -3.10. The molecule has 3 aromatic rings. The number of likely N-dealkylation sites (N-methyl/N-ethyl adjacent to an activating group) is 1. The van der Waals surface area contributed by atoms with Gasteiger partial charge in [0, 0.05) is 42.9 Å². The molecule has 0 saturated carbocycles. The highest BCUT2D eigenvalue weighted by molar-refractivity contribution is 5.97. The van der Waals surface area contributed by atoms with E-state index in [1.165, 1.54) is 18.5 Å². The van der Waals surface area contributed by atoms with Gasteiger partial charge in [0.1, 0.15) is 12.1 Å². The third-order valence-corrected chi connectivity index (χ3v) is 5.33. The molecule has 2 N–H and O–H groups in total. The zero-order valence-corrected chi connectivity index (χ0v) is 17.5. The van der Waals surface area contributed by atoms with Gasteiger partial charge in [-0.3, -0.25) is 9.69 Å². The van der Waals surface area contributed by atoms with E-state index in [1.807, 2.05) is 0 Å². The molecule has 1 aliphatic rings. The average Bonchev–Trinajstić information content (AvgIpc) is 2.75. The fourth-order valence-corrected chi connectivity index (χ4v) is 3.55. The summed E-state index contributed by atoms with van der Waals surface area (Å²) in [5, 5.41) is 6.40. The van der Waals surface area contributed by atoms with Crippen LogP contribution >= 0.6 is 0 Å². The lowest BCUT2D eigenvalue weighted by Crippen LogP contribution is -2.47. The summed E-state index contributed by atoms with van der Waals surface area (Å²) in [6, 6.07) is 10.1. The summed E-state index contributed by atoms with van der Waals surface area (Å²) >= 11 is 0. The number of nitrogens with zero attached hydrogens (tertiary/aromatic N) is 4. The Labute approximate surface area is 183 Å². The van der Waals surface area contributed by atoms with Gasteiger partial charge in [0.15, 0.2) is 0 Å². The second-order valence-electron chi connectivity index (χ2n) is 7.79. The number of benzene rings is 2. The normalized spacial score (nSPS) is 15.6. The summed E-state index contributed by atoms with van der Waals surface area (Å²) in [7, 11) is 2.06. The molecule has 32 heavy (non-hydrogen) atoms. The lowest BCUT2D eigenvalue weighted by molar-refractivity contribution is -0.137. The number of nitrogens with one attached hydrogen (secondary N) is 2. The number of alkyl halides is 3. The number of fused-ring (bicyclic) bond motifs is 1. The molecule has 0 atom stereocenters. The Bertz CT molecular complexity index is 1110. The van der Waals surface area contributed by atoms with Crippen LogP contribution in [0.2, 0.25) is 0 Å². The van der Waals surface area contributed by atoms with E-state index in [0.717, 1.165) is 38.3 Å². The fraction of sp³-hybridized carbons (Fsp3) is 0.318. The molecule has 4 rings (SSSR count). The maximum Gasteiger partial charge on any atom is 0.416 e. The molecule has 1 saturated heterocycles. The highest BCUT2D eigenvalue weighted by Gasteiger charge is 2.30. The Hall–Kier alpha value is -3.24. The molecule has 1 aliphatic heterocycles. The average molecular weight is 444 g/mol. The lowest BCUT2D eigenvalue weighted by atomic mass is 10.1. The molecule has 2 aromatic carbocycles. The van der Waals surface area contributed by atoms with Crippen molar-refractivity contribution in [2.75, 3.05) is 50.4 Å². The molecule has 0 unspecified atom stereocenters. The van der Waals surface area contributed by atoms with Crippen molar-refractivity contribution in [2.24, 2.45) is 0 Å². The second kappa shape index (κ2) is 9.09. The van der Waals surface area contributed by atoms with Gasteiger partial charge in [0.05, 0.1) is 17.6 Å². The van der Waals surface area contributed by atoms with Crippen LogP contribution in [0.25, 0.3) is 10.9 Å². The lowest BCUT2D eigenvalue weighted by Gasteiger charge is -2.31. The van der Waals surface area contributed by atoms with Crippen molar-refractivity contribution in [3.63, 3.8) is 0 Å². The summed E-state index contributed by atoms with van der Waals surface area (Å²) in [4.78, 5) is 25.2. The first kappa shape index (κ1) is 22.0. The van der Waals surface area contributed by atoms with Crippen molar-refractivity contribution in [1.29, 1.82) is 0 Å². The SMILES string of the molecule is CN1CCN(CC(=O)Nc2ccc3ncnc(Nc4cccc(C(F)(F)F)c4)c3c2)CC1. The van der Waals surface area contributed by atoms with Gasteiger partial charge in [-0.2, -0.15) is 13.2 Å². The number of amides is 1. The van der Waals surface area contributed by atoms with Gasteiger partial charge in [-0.1, -0.05) is 6.07 Å². The van der Waals surface area contributed by atoms with Crippen molar-refractivity contribution >= 4 is 34.0 Å². The van der Waals surface area contributed by atoms with E-state index < -0.39 is 11.7 Å². The van der Waals surface area contributed by atoms with E-state index in [0.29, 0.717) is 29.0 Å². The Morgan fingerprint density at radius 2 is 1.81 bits per heavy atom. The molecular weight excluding hydrogens is 421 g/mol.